The van der Waals surface area contributed by atoms with E-state index in [4.69, 9.17) is 28.5 Å². The molecule has 0 radical (unpaired) electrons. The Morgan fingerprint density at radius 1 is 1.38 bits per heavy atom. The number of nitrogens with zero attached hydrogens (tertiary/aromatic N) is 2. The average Bonchev–Trinajstić information content (AvgIpc) is 2.85. The Balaban J connectivity index is 2.59. The third kappa shape index (κ3) is 6.55. The third-order valence-electron chi connectivity index (χ3n) is 2.57. The van der Waals surface area contributed by atoms with Crippen LogP contribution in [0.5, 0.6) is 0 Å². The standard InChI is InChI=1S/C13H21N2O8P/c1-5-20-24(17,21-6-2)23-15-11(7-14)12(16)18-8-10-9-19-13(3,4)22-10/h10H,5-6,8-9H2,1-4H3/b15-11+. The van der Waals surface area contributed by atoms with E-state index in [1.54, 1.807) is 27.7 Å². The van der Waals surface area contributed by atoms with Gasteiger partial charge in [0.05, 0.1) is 19.8 Å². The van der Waals surface area contributed by atoms with Crippen LogP contribution in [0.4, 0.5) is 0 Å². The first kappa shape index (κ1) is 20.5. The zero-order valence-electron chi connectivity index (χ0n) is 14.0. The van der Waals surface area contributed by atoms with Gasteiger partial charge in [0.25, 0.3) is 5.71 Å². The fraction of sp³-hybridized carbons (Fsp3) is 0.769. The number of hydrogen-bond acceptors (Lipinski definition) is 10. The van der Waals surface area contributed by atoms with Crippen LogP contribution in [0.2, 0.25) is 0 Å². The van der Waals surface area contributed by atoms with E-state index in [9.17, 15) is 9.36 Å². The minimum atomic E-state index is -3.97. The monoisotopic (exact) mass is 364 g/mol. The van der Waals surface area contributed by atoms with E-state index in [0.717, 1.165) is 0 Å². The second-order valence-electron chi connectivity index (χ2n) is 4.97. The van der Waals surface area contributed by atoms with Crippen molar-refractivity contribution in [2.75, 3.05) is 26.4 Å². The number of carbonyl (C=O) groups excluding carboxylic acids is 1. The maximum absolute atomic E-state index is 12.0. The number of ether oxygens (including phenoxy) is 3. The Bertz CT molecular complexity index is 547. The Morgan fingerprint density at radius 2 is 2.00 bits per heavy atom. The summed E-state index contributed by atoms with van der Waals surface area (Å²) < 4.78 is 41.9. The molecule has 0 aromatic heterocycles. The Labute approximate surface area is 140 Å². The van der Waals surface area contributed by atoms with Crippen LogP contribution in [0.15, 0.2) is 5.16 Å². The van der Waals surface area contributed by atoms with Crippen molar-refractivity contribution in [2.45, 2.75) is 39.6 Å². The number of carbonyl (C=O) groups is 1. The van der Waals surface area contributed by atoms with Gasteiger partial charge in [-0.2, -0.15) is 5.26 Å². The first-order chi connectivity index (χ1) is 11.2. The minimum Gasteiger partial charge on any atom is -0.457 e. The smallest absolute Gasteiger partial charge is 0.457 e. The molecule has 11 heteroatoms. The van der Waals surface area contributed by atoms with Gasteiger partial charge in [0.2, 0.25) is 0 Å². The summed E-state index contributed by atoms with van der Waals surface area (Å²) in [4.78, 5) is 11.8. The van der Waals surface area contributed by atoms with Crippen molar-refractivity contribution in [2.24, 2.45) is 5.16 Å². The molecule has 1 fully saturated rings. The largest absolute Gasteiger partial charge is 0.550 e. The SMILES string of the molecule is CCOP(=O)(OCC)O/N=C(\C#N)C(=O)OCC1COC(C)(C)O1. The Kier molecular flexibility index (Phi) is 7.79. The van der Waals surface area contributed by atoms with Crippen molar-refractivity contribution in [3.8, 4) is 6.07 Å². The summed E-state index contributed by atoms with van der Waals surface area (Å²) in [5.41, 5.74) is -0.729. The molecule has 1 rings (SSSR count). The highest BCUT2D eigenvalue weighted by Gasteiger charge is 2.34. The zero-order valence-corrected chi connectivity index (χ0v) is 14.9. The summed E-state index contributed by atoms with van der Waals surface area (Å²) >= 11 is 0. The molecule has 0 bridgehead atoms. The molecule has 0 aromatic carbocycles. The molecule has 1 aliphatic heterocycles. The van der Waals surface area contributed by atoms with Gasteiger partial charge < -0.3 is 14.2 Å². The number of nitriles is 1. The molecule has 136 valence electrons. The molecule has 0 aromatic rings. The van der Waals surface area contributed by atoms with E-state index in [1.165, 1.54) is 6.07 Å². The second-order valence-corrected chi connectivity index (χ2v) is 6.54. The van der Waals surface area contributed by atoms with Crippen molar-refractivity contribution < 1.29 is 37.2 Å². The lowest BCUT2D eigenvalue weighted by Gasteiger charge is -2.16. The van der Waals surface area contributed by atoms with Gasteiger partial charge in [-0.05, 0) is 27.7 Å². The molecule has 1 unspecified atom stereocenters. The predicted octanol–water partition coefficient (Wildman–Crippen LogP) is 1.76. The van der Waals surface area contributed by atoms with E-state index in [0.29, 0.717) is 0 Å². The molecule has 0 spiro atoms. The number of hydrogen-bond donors (Lipinski definition) is 0. The van der Waals surface area contributed by atoms with Gasteiger partial charge in [-0.3, -0.25) is 13.7 Å². The molecule has 1 saturated heterocycles. The van der Waals surface area contributed by atoms with E-state index < -0.39 is 31.4 Å². The van der Waals surface area contributed by atoms with Gasteiger partial charge in [-0.25, -0.2) is 9.36 Å². The lowest BCUT2D eigenvalue weighted by molar-refractivity contribution is -0.153. The van der Waals surface area contributed by atoms with Crippen LogP contribution in [0.25, 0.3) is 0 Å². The first-order valence-corrected chi connectivity index (χ1v) is 8.76. The summed E-state index contributed by atoms with van der Waals surface area (Å²) in [5.74, 6) is -1.81. The van der Waals surface area contributed by atoms with Crippen LogP contribution < -0.4 is 0 Å². The fourth-order valence-electron chi connectivity index (χ4n) is 1.68. The van der Waals surface area contributed by atoms with Gasteiger partial charge in [-0.15, -0.1) is 0 Å². The van der Waals surface area contributed by atoms with E-state index >= 15 is 0 Å². The summed E-state index contributed by atoms with van der Waals surface area (Å²) in [6, 6.07) is 1.50. The predicted molar refractivity (Wildman–Crippen MR) is 80.9 cm³/mol. The second kappa shape index (κ2) is 9.11. The topological polar surface area (TPSA) is 126 Å². The van der Waals surface area contributed by atoms with Crippen molar-refractivity contribution in [1.82, 2.24) is 0 Å². The van der Waals surface area contributed by atoms with Gasteiger partial charge in [-0.1, -0.05) is 5.16 Å². The quantitative estimate of drug-likeness (QED) is 0.260. The maximum Gasteiger partial charge on any atom is 0.550 e. The molecule has 1 aliphatic rings. The van der Waals surface area contributed by atoms with Crippen LogP contribution in [-0.4, -0.2) is 50.0 Å². The molecular weight excluding hydrogens is 343 g/mol. The fourth-order valence-corrected chi connectivity index (χ4v) is 2.66. The number of phosphoric acid groups is 1. The van der Waals surface area contributed by atoms with Gasteiger partial charge in [0.15, 0.2) is 5.79 Å². The highest BCUT2D eigenvalue weighted by molar-refractivity contribution is 7.48. The summed E-state index contributed by atoms with van der Waals surface area (Å²) in [7, 11) is -3.97. The lowest BCUT2D eigenvalue weighted by atomic mass is 10.4. The molecular formula is C13H21N2O8P. The van der Waals surface area contributed by atoms with Crippen LogP contribution in [0.3, 0.4) is 0 Å². The molecule has 24 heavy (non-hydrogen) atoms. The average molecular weight is 364 g/mol. The Morgan fingerprint density at radius 3 is 2.46 bits per heavy atom. The third-order valence-corrected chi connectivity index (χ3v) is 4.00. The van der Waals surface area contributed by atoms with Crippen LogP contribution in [-0.2, 0) is 37.2 Å². The molecule has 1 atom stereocenters. The number of oxime groups is 1. The van der Waals surface area contributed by atoms with E-state index in [-0.39, 0.29) is 26.4 Å². The highest BCUT2D eigenvalue weighted by atomic mass is 31.2. The summed E-state index contributed by atoms with van der Waals surface area (Å²) in [5, 5.41) is 12.2. The zero-order chi connectivity index (χ0) is 18.2. The molecule has 10 nitrogen and oxygen atoms in total. The lowest BCUT2D eigenvalue weighted by Crippen LogP contribution is -2.27. The summed E-state index contributed by atoms with van der Waals surface area (Å²) in [6.07, 6.45) is -0.456. The molecule has 0 saturated carbocycles. The van der Waals surface area contributed by atoms with Crippen molar-refractivity contribution in [3.05, 3.63) is 0 Å². The number of phosphoric ester groups is 1. The highest BCUT2D eigenvalue weighted by Crippen LogP contribution is 2.49. The van der Waals surface area contributed by atoms with E-state index in [1.807, 2.05) is 0 Å². The van der Waals surface area contributed by atoms with Crippen molar-refractivity contribution in [1.29, 1.82) is 5.26 Å². The molecule has 0 amide bonds. The van der Waals surface area contributed by atoms with Crippen LogP contribution >= 0.6 is 7.82 Å². The molecule has 0 aliphatic carbocycles. The maximum atomic E-state index is 12.0. The number of esters is 1. The van der Waals surface area contributed by atoms with Gasteiger partial charge in [0.1, 0.15) is 18.8 Å². The van der Waals surface area contributed by atoms with Crippen LogP contribution in [0.1, 0.15) is 27.7 Å². The van der Waals surface area contributed by atoms with Crippen LogP contribution in [0, 0.1) is 11.3 Å². The minimum absolute atomic E-state index is 0.0357. The first-order valence-electron chi connectivity index (χ1n) is 7.30. The van der Waals surface area contributed by atoms with Crippen molar-refractivity contribution in [3.63, 3.8) is 0 Å². The molecule has 0 N–H and O–H groups in total. The van der Waals surface area contributed by atoms with E-state index in [2.05, 4.69) is 9.78 Å². The van der Waals surface area contributed by atoms with Gasteiger partial charge >= 0.3 is 13.8 Å². The Hall–Kier alpha value is -1.50. The molecule has 1 heterocycles. The summed E-state index contributed by atoms with van der Waals surface area (Å²) in [6.45, 7) is 6.79. The normalized spacial score (nSPS) is 20.5. The number of rotatable bonds is 9. The van der Waals surface area contributed by atoms with Crippen molar-refractivity contribution >= 4 is 19.5 Å². The van der Waals surface area contributed by atoms with Gasteiger partial charge in [0, 0.05) is 0 Å².